The highest BCUT2D eigenvalue weighted by Crippen LogP contribution is 2.21. The van der Waals surface area contributed by atoms with Crippen molar-refractivity contribution in [2.24, 2.45) is 5.73 Å². The molecule has 23 heavy (non-hydrogen) atoms. The Balaban J connectivity index is 1.77. The number of carbonyl (C=O) groups is 1. The second-order valence-electron chi connectivity index (χ2n) is 5.57. The van der Waals surface area contributed by atoms with Crippen molar-refractivity contribution < 1.29 is 4.79 Å². The van der Waals surface area contributed by atoms with Crippen molar-refractivity contribution >= 4 is 17.6 Å². The van der Waals surface area contributed by atoms with Crippen LogP contribution in [0.15, 0.2) is 30.9 Å². The summed E-state index contributed by atoms with van der Waals surface area (Å²) in [5.74, 6) is 0. The van der Waals surface area contributed by atoms with Crippen LogP contribution in [0, 0.1) is 0 Å². The maximum Gasteiger partial charge on any atom is 0.314 e. The lowest BCUT2D eigenvalue weighted by Crippen LogP contribution is -2.38. The van der Waals surface area contributed by atoms with Crippen LogP contribution in [0.25, 0.3) is 5.69 Å². The molecule has 1 fully saturated rings. The second kappa shape index (κ2) is 6.97. The summed E-state index contributed by atoms with van der Waals surface area (Å²) in [6.45, 7) is 3.84. The van der Waals surface area contributed by atoms with Gasteiger partial charge in [-0.2, -0.15) is 5.10 Å². The largest absolute Gasteiger partial charge is 0.351 e. The molecule has 1 aromatic carbocycles. The highest BCUT2D eigenvalue weighted by molar-refractivity contribution is 6.30. The van der Waals surface area contributed by atoms with Crippen LogP contribution in [0.1, 0.15) is 12.0 Å². The molecule has 0 unspecified atom stereocenters. The second-order valence-corrected chi connectivity index (χ2v) is 6.00. The van der Waals surface area contributed by atoms with E-state index in [1.165, 1.54) is 6.33 Å². The van der Waals surface area contributed by atoms with Crippen LogP contribution < -0.4 is 5.73 Å². The van der Waals surface area contributed by atoms with Gasteiger partial charge in [-0.3, -0.25) is 4.90 Å². The lowest BCUT2D eigenvalue weighted by Gasteiger charge is -2.22. The van der Waals surface area contributed by atoms with Gasteiger partial charge in [-0.05, 0) is 24.1 Å². The van der Waals surface area contributed by atoms with Crippen molar-refractivity contribution in [2.45, 2.75) is 13.0 Å². The number of halogens is 1. The summed E-state index contributed by atoms with van der Waals surface area (Å²) >= 11 is 6.12. The summed E-state index contributed by atoms with van der Waals surface area (Å²) in [6.07, 6.45) is 4.07. The minimum Gasteiger partial charge on any atom is -0.351 e. The molecule has 122 valence electrons. The molecular formula is C15H19ClN6O. The summed E-state index contributed by atoms with van der Waals surface area (Å²) in [7, 11) is 0. The third-order valence-corrected chi connectivity index (χ3v) is 4.24. The molecular weight excluding hydrogens is 316 g/mol. The summed E-state index contributed by atoms with van der Waals surface area (Å²) in [4.78, 5) is 19.3. The Kier molecular flexibility index (Phi) is 4.78. The topological polar surface area (TPSA) is 80.3 Å². The molecule has 2 amide bonds. The maximum absolute atomic E-state index is 11.3. The standard InChI is InChI=1S/C15H19ClN6O/c16-13-3-2-12(14(8-13)22-11-18-10-19-22)9-20-4-1-5-21(7-6-20)15(17)23/h2-3,8,10-11H,1,4-7,9H2,(H2,17,23). The zero-order valence-corrected chi connectivity index (χ0v) is 13.5. The molecule has 7 nitrogen and oxygen atoms in total. The monoisotopic (exact) mass is 334 g/mol. The van der Waals surface area contributed by atoms with E-state index in [-0.39, 0.29) is 6.03 Å². The number of amides is 2. The fraction of sp³-hybridized carbons (Fsp3) is 0.400. The molecule has 0 aliphatic carbocycles. The molecule has 3 rings (SSSR count). The molecule has 2 N–H and O–H groups in total. The van der Waals surface area contributed by atoms with Crippen molar-refractivity contribution in [3.8, 4) is 5.69 Å². The smallest absolute Gasteiger partial charge is 0.314 e. The summed E-state index contributed by atoms with van der Waals surface area (Å²) in [5, 5.41) is 4.86. The average molecular weight is 335 g/mol. The van der Waals surface area contributed by atoms with E-state index < -0.39 is 0 Å². The summed E-state index contributed by atoms with van der Waals surface area (Å²) < 4.78 is 1.72. The van der Waals surface area contributed by atoms with E-state index in [1.54, 1.807) is 15.9 Å². The number of rotatable bonds is 3. The lowest BCUT2D eigenvalue weighted by atomic mass is 10.1. The Morgan fingerprint density at radius 1 is 1.26 bits per heavy atom. The molecule has 0 radical (unpaired) electrons. The van der Waals surface area contributed by atoms with Crippen molar-refractivity contribution in [3.05, 3.63) is 41.4 Å². The van der Waals surface area contributed by atoms with Crippen molar-refractivity contribution in [3.63, 3.8) is 0 Å². The van der Waals surface area contributed by atoms with Gasteiger partial charge >= 0.3 is 6.03 Å². The molecule has 0 saturated carbocycles. The highest BCUT2D eigenvalue weighted by Gasteiger charge is 2.18. The Bertz CT molecular complexity index is 675. The quantitative estimate of drug-likeness (QED) is 0.922. The first-order valence-electron chi connectivity index (χ1n) is 7.53. The normalized spacial score (nSPS) is 16.3. The number of nitrogens with zero attached hydrogens (tertiary/aromatic N) is 5. The van der Waals surface area contributed by atoms with Gasteiger partial charge < -0.3 is 10.6 Å². The van der Waals surface area contributed by atoms with Gasteiger partial charge in [0.15, 0.2) is 0 Å². The van der Waals surface area contributed by atoms with Gasteiger partial charge in [0.25, 0.3) is 0 Å². The minimum atomic E-state index is -0.346. The average Bonchev–Trinajstić information content (AvgIpc) is 2.95. The third kappa shape index (κ3) is 3.80. The van der Waals surface area contributed by atoms with Gasteiger partial charge in [0.1, 0.15) is 12.7 Å². The molecule has 1 aromatic heterocycles. The van der Waals surface area contributed by atoms with Gasteiger partial charge in [0, 0.05) is 37.7 Å². The number of urea groups is 1. The van der Waals surface area contributed by atoms with Crippen molar-refractivity contribution in [2.75, 3.05) is 26.2 Å². The molecule has 1 saturated heterocycles. The fourth-order valence-electron chi connectivity index (χ4n) is 2.81. The van der Waals surface area contributed by atoms with E-state index in [9.17, 15) is 4.79 Å². The molecule has 1 aliphatic heterocycles. The number of benzene rings is 1. The first-order chi connectivity index (χ1) is 11.1. The van der Waals surface area contributed by atoms with Crippen LogP contribution in [-0.4, -0.2) is 56.8 Å². The minimum absolute atomic E-state index is 0.346. The van der Waals surface area contributed by atoms with E-state index in [1.807, 2.05) is 18.2 Å². The van der Waals surface area contributed by atoms with E-state index in [0.29, 0.717) is 18.1 Å². The first kappa shape index (κ1) is 15.8. The predicted molar refractivity (Wildman–Crippen MR) is 87.4 cm³/mol. The maximum atomic E-state index is 11.3. The van der Waals surface area contributed by atoms with Gasteiger partial charge in [0.05, 0.1) is 5.69 Å². The zero-order valence-electron chi connectivity index (χ0n) is 12.7. The van der Waals surface area contributed by atoms with Crippen LogP contribution in [-0.2, 0) is 6.54 Å². The van der Waals surface area contributed by atoms with Crippen LogP contribution >= 0.6 is 11.6 Å². The number of nitrogens with two attached hydrogens (primary N) is 1. The van der Waals surface area contributed by atoms with Gasteiger partial charge in [-0.1, -0.05) is 17.7 Å². The fourth-order valence-corrected chi connectivity index (χ4v) is 2.97. The highest BCUT2D eigenvalue weighted by atomic mass is 35.5. The van der Waals surface area contributed by atoms with Crippen LogP contribution in [0.5, 0.6) is 0 Å². The number of hydrogen-bond donors (Lipinski definition) is 1. The van der Waals surface area contributed by atoms with E-state index in [2.05, 4.69) is 15.0 Å². The summed E-state index contributed by atoms with van der Waals surface area (Å²) in [6, 6.07) is 5.43. The number of primary amides is 1. The van der Waals surface area contributed by atoms with Crippen LogP contribution in [0.3, 0.4) is 0 Å². The Morgan fingerprint density at radius 3 is 2.87 bits per heavy atom. The first-order valence-corrected chi connectivity index (χ1v) is 7.91. The van der Waals surface area contributed by atoms with Gasteiger partial charge in [0.2, 0.25) is 0 Å². The molecule has 0 spiro atoms. The number of hydrogen-bond acceptors (Lipinski definition) is 4. The Labute approximate surface area is 139 Å². The molecule has 1 aliphatic rings. The Hall–Kier alpha value is -2.12. The van der Waals surface area contributed by atoms with Crippen LogP contribution in [0.2, 0.25) is 5.02 Å². The lowest BCUT2D eigenvalue weighted by molar-refractivity contribution is 0.207. The van der Waals surface area contributed by atoms with Gasteiger partial charge in [-0.15, -0.1) is 0 Å². The number of aromatic nitrogens is 3. The van der Waals surface area contributed by atoms with Crippen LogP contribution in [0.4, 0.5) is 4.79 Å². The van der Waals surface area contributed by atoms with Crippen molar-refractivity contribution in [1.29, 1.82) is 0 Å². The number of carbonyl (C=O) groups excluding carboxylic acids is 1. The van der Waals surface area contributed by atoms with E-state index >= 15 is 0 Å². The Morgan fingerprint density at radius 2 is 2.13 bits per heavy atom. The molecule has 0 atom stereocenters. The van der Waals surface area contributed by atoms with Gasteiger partial charge in [-0.25, -0.2) is 14.5 Å². The van der Waals surface area contributed by atoms with Crippen molar-refractivity contribution in [1.82, 2.24) is 24.6 Å². The zero-order chi connectivity index (χ0) is 16.2. The van der Waals surface area contributed by atoms with E-state index in [0.717, 1.165) is 37.3 Å². The molecule has 2 aromatic rings. The van der Waals surface area contributed by atoms with E-state index in [4.69, 9.17) is 17.3 Å². The molecule has 0 bridgehead atoms. The molecule has 8 heteroatoms. The third-order valence-electron chi connectivity index (χ3n) is 4.01. The molecule has 2 heterocycles. The predicted octanol–water partition coefficient (Wildman–Crippen LogP) is 1.51. The summed E-state index contributed by atoms with van der Waals surface area (Å²) in [5.41, 5.74) is 7.42. The SMILES string of the molecule is NC(=O)N1CCCN(Cc2ccc(Cl)cc2-n2cncn2)CC1.